The number of nitrogens with one attached hydrogen (secondary N) is 1. The first-order valence-electron chi connectivity index (χ1n) is 6.43. The van der Waals surface area contributed by atoms with Crippen LogP contribution in [0.15, 0.2) is 36.9 Å². The fourth-order valence-electron chi connectivity index (χ4n) is 1.80. The molecule has 1 aromatic rings. The Balaban J connectivity index is 2.44. The summed E-state index contributed by atoms with van der Waals surface area (Å²) in [6.45, 7) is 6.82. The minimum Gasteiger partial charge on any atom is -0.445 e. The van der Waals surface area contributed by atoms with Crippen LogP contribution in [-0.4, -0.2) is 25.8 Å². The maximum atomic E-state index is 11.3. The van der Waals surface area contributed by atoms with Gasteiger partial charge in [-0.05, 0) is 36.9 Å². The predicted molar refractivity (Wildman–Crippen MR) is 77.0 cm³/mol. The van der Waals surface area contributed by atoms with E-state index in [1.807, 2.05) is 12.1 Å². The summed E-state index contributed by atoms with van der Waals surface area (Å²) in [5.41, 5.74) is 8.26. The quantitative estimate of drug-likeness (QED) is 0.739. The van der Waals surface area contributed by atoms with Gasteiger partial charge in [0.2, 0.25) is 0 Å². The zero-order valence-electron chi connectivity index (χ0n) is 11.4. The van der Waals surface area contributed by atoms with Gasteiger partial charge in [0, 0.05) is 6.54 Å². The number of hydrogen-bond donors (Lipinski definition) is 2. The average Bonchev–Trinajstić information content (AvgIpc) is 2.43. The van der Waals surface area contributed by atoms with Gasteiger partial charge in [-0.3, -0.25) is 0 Å². The van der Waals surface area contributed by atoms with Crippen molar-refractivity contribution in [3.05, 3.63) is 48.0 Å². The molecule has 1 atom stereocenters. The van der Waals surface area contributed by atoms with Crippen LogP contribution in [0.5, 0.6) is 0 Å². The number of aryl methyl sites for hydroxylation is 1. The Bertz CT molecular complexity index is 418. The van der Waals surface area contributed by atoms with Crippen molar-refractivity contribution in [2.24, 2.45) is 11.7 Å². The molecule has 104 valence electrons. The number of benzene rings is 1. The van der Waals surface area contributed by atoms with E-state index in [9.17, 15) is 4.79 Å². The summed E-state index contributed by atoms with van der Waals surface area (Å²) in [6, 6.07) is 8.20. The van der Waals surface area contributed by atoms with Crippen molar-refractivity contribution in [3.8, 4) is 0 Å². The summed E-state index contributed by atoms with van der Waals surface area (Å²) >= 11 is 0. The number of hydrogen-bond acceptors (Lipinski definition) is 3. The fourth-order valence-corrected chi connectivity index (χ4v) is 1.80. The van der Waals surface area contributed by atoms with Crippen LogP contribution in [0.4, 0.5) is 4.79 Å². The molecule has 0 aliphatic carbocycles. The van der Waals surface area contributed by atoms with Crippen LogP contribution in [0.25, 0.3) is 0 Å². The normalized spacial score (nSPS) is 11.7. The molecule has 0 fully saturated rings. The lowest BCUT2D eigenvalue weighted by atomic mass is 9.96. The second-order valence-electron chi connectivity index (χ2n) is 4.50. The average molecular weight is 262 g/mol. The predicted octanol–water partition coefficient (Wildman–Crippen LogP) is 2.02. The van der Waals surface area contributed by atoms with Gasteiger partial charge in [-0.2, -0.15) is 0 Å². The SMILES string of the molecule is C=CCOC(=O)NCC(CN)Cc1ccccc1C. The van der Waals surface area contributed by atoms with E-state index in [2.05, 4.69) is 31.0 Å². The zero-order chi connectivity index (χ0) is 14.1. The molecule has 0 saturated carbocycles. The molecule has 4 nitrogen and oxygen atoms in total. The largest absolute Gasteiger partial charge is 0.445 e. The third-order valence-electron chi connectivity index (χ3n) is 2.97. The highest BCUT2D eigenvalue weighted by Gasteiger charge is 2.11. The van der Waals surface area contributed by atoms with E-state index < -0.39 is 6.09 Å². The van der Waals surface area contributed by atoms with Crippen molar-refractivity contribution >= 4 is 6.09 Å². The molecular weight excluding hydrogens is 240 g/mol. The fraction of sp³-hybridized carbons (Fsp3) is 0.400. The van der Waals surface area contributed by atoms with Crippen molar-refractivity contribution in [1.82, 2.24) is 5.32 Å². The lowest BCUT2D eigenvalue weighted by molar-refractivity contribution is 0.156. The maximum Gasteiger partial charge on any atom is 0.407 e. The zero-order valence-corrected chi connectivity index (χ0v) is 11.4. The Morgan fingerprint density at radius 1 is 1.53 bits per heavy atom. The van der Waals surface area contributed by atoms with E-state index in [0.717, 1.165) is 6.42 Å². The van der Waals surface area contributed by atoms with Gasteiger partial charge in [-0.15, -0.1) is 0 Å². The molecule has 0 spiro atoms. The molecule has 0 aromatic heterocycles. The first-order valence-corrected chi connectivity index (χ1v) is 6.43. The second-order valence-corrected chi connectivity index (χ2v) is 4.50. The summed E-state index contributed by atoms with van der Waals surface area (Å²) in [4.78, 5) is 11.3. The van der Waals surface area contributed by atoms with Crippen molar-refractivity contribution in [2.75, 3.05) is 19.7 Å². The Morgan fingerprint density at radius 2 is 2.26 bits per heavy atom. The van der Waals surface area contributed by atoms with Gasteiger partial charge in [0.25, 0.3) is 0 Å². The Morgan fingerprint density at radius 3 is 2.89 bits per heavy atom. The van der Waals surface area contributed by atoms with E-state index in [4.69, 9.17) is 10.5 Å². The van der Waals surface area contributed by atoms with Gasteiger partial charge in [0.15, 0.2) is 0 Å². The topological polar surface area (TPSA) is 64.3 Å². The van der Waals surface area contributed by atoms with E-state index in [-0.39, 0.29) is 12.5 Å². The number of alkyl carbamates (subject to hydrolysis) is 1. The summed E-state index contributed by atoms with van der Waals surface area (Å²) in [7, 11) is 0. The lowest BCUT2D eigenvalue weighted by Gasteiger charge is -2.16. The molecule has 0 saturated heterocycles. The van der Waals surface area contributed by atoms with Crippen molar-refractivity contribution in [1.29, 1.82) is 0 Å². The number of carbonyl (C=O) groups is 1. The van der Waals surface area contributed by atoms with Gasteiger partial charge >= 0.3 is 6.09 Å². The number of rotatable bonds is 7. The summed E-state index contributed by atoms with van der Waals surface area (Å²) in [5, 5.41) is 2.72. The minimum absolute atomic E-state index is 0.206. The Hall–Kier alpha value is -1.81. The summed E-state index contributed by atoms with van der Waals surface area (Å²) in [5.74, 6) is 0.206. The smallest absolute Gasteiger partial charge is 0.407 e. The summed E-state index contributed by atoms with van der Waals surface area (Å²) in [6.07, 6.45) is 1.96. The molecule has 1 rings (SSSR count). The number of amides is 1. The molecule has 0 heterocycles. The van der Waals surface area contributed by atoms with Gasteiger partial charge in [0.1, 0.15) is 6.61 Å². The molecule has 0 bridgehead atoms. The highest BCUT2D eigenvalue weighted by molar-refractivity contribution is 5.67. The number of carbonyl (C=O) groups excluding carboxylic acids is 1. The Labute approximate surface area is 114 Å². The number of nitrogens with two attached hydrogens (primary N) is 1. The van der Waals surface area contributed by atoms with Crippen LogP contribution in [0.1, 0.15) is 11.1 Å². The van der Waals surface area contributed by atoms with Crippen LogP contribution in [0.2, 0.25) is 0 Å². The molecule has 1 unspecified atom stereocenters. The summed E-state index contributed by atoms with van der Waals surface area (Å²) < 4.78 is 4.85. The highest BCUT2D eigenvalue weighted by Crippen LogP contribution is 2.12. The van der Waals surface area contributed by atoms with Crippen LogP contribution < -0.4 is 11.1 Å². The first kappa shape index (κ1) is 15.2. The van der Waals surface area contributed by atoms with Crippen LogP contribution in [0, 0.1) is 12.8 Å². The molecular formula is C15H22N2O2. The highest BCUT2D eigenvalue weighted by atomic mass is 16.5. The molecule has 0 aliphatic heterocycles. The molecule has 19 heavy (non-hydrogen) atoms. The van der Waals surface area contributed by atoms with E-state index in [1.165, 1.54) is 17.2 Å². The van der Waals surface area contributed by atoms with Crippen molar-refractivity contribution < 1.29 is 9.53 Å². The monoisotopic (exact) mass is 262 g/mol. The molecule has 0 radical (unpaired) electrons. The first-order chi connectivity index (χ1) is 9.17. The molecule has 1 aromatic carbocycles. The minimum atomic E-state index is -0.428. The third-order valence-corrected chi connectivity index (χ3v) is 2.97. The van der Waals surface area contributed by atoms with Gasteiger partial charge in [0.05, 0.1) is 0 Å². The standard InChI is InChI=1S/C15H22N2O2/c1-3-8-19-15(18)17-11-13(10-16)9-14-7-5-4-6-12(14)2/h3-7,13H,1,8-11,16H2,2H3,(H,17,18). The second kappa shape index (κ2) is 8.32. The van der Waals surface area contributed by atoms with Gasteiger partial charge < -0.3 is 15.8 Å². The van der Waals surface area contributed by atoms with E-state index >= 15 is 0 Å². The molecule has 0 aliphatic rings. The van der Waals surface area contributed by atoms with Gasteiger partial charge in [-0.25, -0.2) is 4.79 Å². The Kier molecular flexibility index (Phi) is 6.68. The van der Waals surface area contributed by atoms with Crippen LogP contribution in [-0.2, 0) is 11.2 Å². The molecule has 4 heteroatoms. The van der Waals surface area contributed by atoms with E-state index in [1.54, 1.807) is 0 Å². The van der Waals surface area contributed by atoms with Crippen molar-refractivity contribution in [2.45, 2.75) is 13.3 Å². The van der Waals surface area contributed by atoms with Gasteiger partial charge in [-0.1, -0.05) is 36.9 Å². The van der Waals surface area contributed by atoms with Crippen LogP contribution in [0.3, 0.4) is 0 Å². The number of ether oxygens (including phenoxy) is 1. The van der Waals surface area contributed by atoms with Crippen molar-refractivity contribution in [3.63, 3.8) is 0 Å². The third kappa shape index (κ3) is 5.57. The van der Waals surface area contributed by atoms with Crippen LogP contribution >= 0.6 is 0 Å². The molecule has 1 amide bonds. The maximum absolute atomic E-state index is 11.3. The molecule has 3 N–H and O–H groups in total. The van der Waals surface area contributed by atoms with E-state index in [0.29, 0.717) is 13.1 Å². The lowest BCUT2D eigenvalue weighted by Crippen LogP contribution is -2.34.